The second-order valence-corrected chi connectivity index (χ2v) is 7.00. The lowest BCUT2D eigenvalue weighted by Crippen LogP contribution is -2.50. The fourth-order valence-electron chi connectivity index (χ4n) is 3.70. The molecular formula is C20H22N4O4. The van der Waals surface area contributed by atoms with Gasteiger partial charge in [-0.3, -0.25) is 14.3 Å². The molecule has 1 aromatic carbocycles. The molecule has 0 aliphatic carbocycles. The number of methoxy groups -OCH3 is 1. The first-order chi connectivity index (χ1) is 13.5. The summed E-state index contributed by atoms with van der Waals surface area (Å²) in [5.74, 6) is 0.481. The van der Waals surface area contributed by atoms with Crippen molar-refractivity contribution < 1.29 is 18.7 Å². The Morgan fingerprint density at radius 3 is 2.96 bits per heavy atom. The minimum Gasteiger partial charge on any atom is -0.493 e. The van der Waals surface area contributed by atoms with Crippen LogP contribution >= 0.6 is 0 Å². The maximum Gasteiger partial charge on any atom is 0.287 e. The summed E-state index contributed by atoms with van der Waals surface area (Å²) >= 11 is 0. The highest BCUT2D eigenvalue weighted by atomic mass is 16.5. The Bertz CT molecular complexity index is 1050. The number of carbonyl (C=O) groups excluding carboxylic acids is 2. The van der Waals surface area contributed by atoms with Crippen molar-refractivity contribution in [3.8, 4) is 5.75 Å². The topological polar surface area (TPSA) is 98.4 Å². The molecule has 1 fully saturated rings. The second kappa shape index (κ2) is 7.03. The van der Waals surface area contributed by atoms with Crippen LogP contribution in [-0.2, 0) is 11.8 Å². The van der Waals surface area contributed by atoms with Crippen LogP contribution in [0.5, 0.6) is 5.75 Å². The molecule has 8 heteroatoms. The predicted octanol–water partition coefficient (Wildman–Crippen LogP) is 2.23. The maximum absolute atomic E-state index is 13.0. The molecule has 1 unspecified atom stereocenters. The van der Waals surface area contributed by atoms with Gasteiger partial charge in [-0.1, -0.05) is 12.1 Å². The van der Waals surface area contributed by atoms with Crippen molar-refractivity contribution in [3.05, 3.63) is 47.5 Å². The van der Waals surface area contributed by atoms with E-state index in [1.165, 1.54) is 0 Å². The number of aromatic nitrogens is 2. The van der Waals surface area contributed by atoms with Gasteiger partial charge in [-0.25, -0.2) is 0 Å². The molecule has 0 saturated carbocycles. The molecule has 1 aliphatic heterocycles. The molecular weight excluding hydrogens is 360 g/mol. The molecule has 0 spiro atoms. The summed E-state index contributed by atoms with van der Waals surface area (Å²) < 4.78 is 12.9. The number of furan rings is 1. The van der Waals surface area contributed by atoms with Gasteiger partial charge in [0.2, 0.25) is 5.91 Å². The van der Waals surface area contributed by atoms with Gasteiger partial charge in [-0.2, -0.15) is 5.10 Å². The van der Waals surface area contributed by atoms with E-state index >= 15 is 0 Å². The summed E-state index contributed by atoms with van der Waals surface area (Å²) in [7, 11) is 3.38. The van der Waals surface area contributed by atoms with Crippen molar-refractivity contribution in [2.45, 2.75) is 31.8 Å². The van der Waals surface area contributed by atoms with Crippen molar-refractivity contribution in [1.29, 1.82) is 0 Å². The Hall–Kier alpha value is -3.29. The SMILES string of the molecule is COc1cccc2c(C)c(C(=O)N[C@H]3CCC(=O)NC3c3cnn(C)c3)oc12. The van der Waals surface area contributed by atoms with Crippen molar-refractivity contribution in [1.82, 2.24) is 20.4 Å². The summed E-state index contributed by atoms with van der Waals surface area (Å²) in [6.45, 7) is 1.85. The largest absolute Gasteiger partial charge is 0.493 e. The first-order valence-corrected chi connectivity index (χ1v) is 9.13. The highest BCUT2D eigenvalue weighted by Gasteiger charge is 2.33. The van der Waals surface area contributed by atoms with E-state index in [9.17, 15) is 9.59 Å². The summed E-state index contributed by atoms with van der Waals surface area (Å²) in [4.78, 5) is 24.9. The fraction of sp³-hybridized carbons (Fsp3) is 0.350. The minimum absolute atomic E-state index is 0.0380. The van der Waals surface area contributed by atoms with Crippen molar-refractivity contribution in [3.63, 3.8) is 0 Å². The number of hydrogen-bond acceptors (Lipinski definition) is 5. The number of piperidine rings is 1. The maximum atomic E-state index is 13.0. The third kappa shape index (κ3) is 3.11. The van der Waals surface area contributed by atoms with E-state index in [-0.39, 0.29) is 29.7 Å². The number of carbonyl (C=O) groups is 2. The second-order valence-electron chi connectivity index (χ2n) is 7.00. The normalized spacial score (nSPS) is 19.5. The van der Waals surface area contributed by atoms with E-state index in [1.54, 1.807) is 24.1 Å². The Balaban J connectivity index is 1.62. The van der Waals surface area contributed by atoms with Crippen LogP contribution in [0.4, 0.5) is 0 Å². The Labute approximate surface area is 161 Å². The average molecular weight is 382 g/mol. The highest BCUT2D eigenvalue weighted by molar-refractivity contribution is 6.00. The van der Waals surface area contributed by atoms with E-state index in [4.69, 9.17) is 9.15 Å². The number of nitrogens with one attached hydrogen (secondary N) is 2. The molecule has 2 N–H and O–H groups in total. The van der Waals surface area contributed by atoms with Crippen LogP contribution in [0.1, 0.15) is 40.6 Å². The van der Waals surface area contributed by atoms with E-state index in [0.717, 1.165) is 16.5 Å². The van der Waals surface area contributed by atoms with Gasteiger partial charge in [0.1, 0.15) is 0 Å². The van der Waals surface area contributed by atoms with Crippen LogP contribution < -0.4 is 15.4 Å². The summed E-state index contributed by atoms with van der Waals surface area (Å²) in [6.07, 6.45) is 4.44. The summed E-state index contributed by atoms with van der Waals surface area (Å²) in [5, 5.41) is 11.0. The molecule has 2 atom stereocenters. The molecule has 2 aromatic heterocycles. The van der Waals surface area contributed by atoms with Crippen LogP contribution in [0.3, 0.4) is 0 Å². The van der Waals surface area contributed by atoms with Crippen LogP contribution in [0.25, 0.3) is 11.0 Å². The quantitative estimate of drug-likeness (QED) is 0.721. The molecule has 2 amide bonds. The minimum atomic E-state index is -0.335. The molecule has 0 radical (unpaired) electrons. The van der Waals surface area contributed by atoms with Gasteiger partial charge < -0.3 is 19.8 Å². The number of fused-ring (bicyclic) bond motifs is 1. The Morgan fingerprint density at radius 1 is 1.43 bits per heavy atom. The van der Waals surface area contributed by atoms with Gasteiger partial charge in [0.15, 0.2) is 17.1 Å². The lowest BCUT2D eigenvalue weighted by atomic mass is 9.93. The standard InChI is InChI=1S/C20H22N4O4/c1-11-13-5-4-6-15(27-3)19(13)28-18(11)20(26)22-14-7-8-16(25)23-17(14)12-9-21-24(2)10-12/h4-6,9-10,14,17H,7-8H2,1-3H3,(H,22,26)(H,23,25)/t14-,17?/m0/s1. The zero-order chi connectivity index (χ0) is 19.8. The fourth-order valence-corrected chi connectivity index (χ4v) is 3.70. The lowest BCUT2D eigenvalue weighted by molar-refractivity contribution is -0.123. The lowest BCUT2D eigenvalue weighted by Gasteiger charge is -2.32. The van der Waals surface area contributed by atoms with Crippen molar-refractivity contribution in [2.24, 2.45) is 7.05 Å². The number of nitrogens with zero attached hydrogens (tertiary/aromatic N) is 2. The van der Waals surface area contributed by atoms with Crippen LogP contribution in [0.2, 0.25) is 0 Å². The number of hydrogen-bond donors (Lipinski definition) is 2. The molecule has 28 heavy (non-hydrogen) atoms. The predicted molar refractivity (Wildman–Crippen MR) is 102 cm³/mol. The average Bonchev–Trinajstić information content (AvgIpc) is 3.26. The van der Waals surface area contributed by atoms with Gasteiger partial charge in [0, 0.05) is 36.2 Å². The van der Waals surface area contributed by atoms with Gasteiger partial charge in [-0.15, -0.1) is 0 Å². The molecule has 4 rings (SSSR count). The molecule has 3 aromatic rings. The zero-order valence-corrected chi connectivity index (χ0v) is 16.0. The van der Waals surface area contributed by atoms with Crippen LogP contribution in [-0.4, -0.2) is 34.7 Å². The molecule has 1 aliphatic rings. The molecule has 1 saturated heterocycles. The summed E-state index contributed by atoms with van der Waals surface area (Å²) in [5.41, 5.74) is 2.15. The van der Waals surface area contributed by atoms with E-state index < -0.39 is 0 Å². The Kier molecular flexibility index (Phi) is 4.54. The molecule has 0 bridgehead atoms. The number of rotatable bonds is 4. The zero-order valence-electron chi connectivity index (χ0n) is 16.0. The third-order valence-corrected chi connectivity index (χ3v) is 5.16. The molecule has 146 valence electrons. The first-order valence-electron chi connectivity index (χ1n) is 9.13. The van der Waals surface area contributed by atoms with Gasteiger partial charge in [0.05, 0.1) is 25.4 Å². The van der Waals surface area contributed by atoms with Gasteiger partial charge >= 0.3 is 0 Å². The van der Waals surface area contributed by atoms with Crippen molar-refractivity contribution >= 4 is 22.8 Å². The van der Waals surface area contributed by atoms with E-state index in [2.05, 4.69) is 15.7 Å². The molecule has 3 heterocycles. The first kappa shape index (κ1) is 18.1. The smallest absolute Gasteiger partial charge is 0.287 e. The number of benzene rings is 1. The van der Waals surface area contributed by atoms with Crippen LogP contribution in [0.15, 0.2) is 35.0 Å². The summed E-state index contributed by atoms with van der Waals surface area (Å²) in [6, 6.07) is 4.96. The van der Waals surface area contributed by atoms with Crippen molar-refractivity contribution in [2.75, 3.05) is 7.11 Å². The highest BCUT2D eigenvalue weighted by Crippen LogP contribution is 2.32. The van der Waals surface area contributed by atoms with E-state index in [1.807, 2.05) is 32.3 Å². The number of aryl methyl sites for hydroxylation is 2. The molecule has 8 nitrogen and oxygen atoms in total. The monoisotopic (exact) mass is 382 g/mol. The van der Waals surface area contributed by atoms with E-state index in [0.29, 0.717) is 24.2 Å². The number of ether oxygens (including phenoxy) is 1. The van der Waals surface area contributed by atoms with Crippen LogP contribution in [0, 0.1) is 6.92 Å². The third-order valence-electron chi connectivity index (χ3n) is 5.16. The number of para-hydroxylation sites is 1. The van der Waals surface area contributed by atoms with Gasteiger partial charge in [-0.05, 0) is 19.4 Å². The number of amides is 2. The van der Waals surface area contributed by atoms with Gasteiger partial charge in [0.25, 0.3) is 5.91 Å². The Morgan fingerprint density at radius 2 is 2.25 bits per heavy atom.